The molecule has 0 radical (unpaired) electrons. The van der Waals surface area contributed by atoms with E-state index in [0.29, 0.717) is 11.6 Å². The summed E-state index contributed by atoms with van der Waals surface area (Å²) in [5, 5.41) is 10.8. The predicted octanol–water partition coefficient (Wildman–Crippen LogP) is 1.62. The molecule has 2 rings (SSSR count). The van der Waals surface area contributed by atoms with Crippen LogP contribution in [0, 0.1) is 0 Å². The van der Waals surface area contributed by atoms with Gasteiger partial charge in [-0.1, -0.05) is 29.8 Å². The minimum absolute atomic E-state index is 0.493. The number of hydrogen-bond donors (Lipinski definition) is 1. The number of halogens is 1. The van der Waals surface area contributed by atoms with Gasteiger partial charge in [0, 0.05) is 43.3 Å². The number of piperazine rings is 1. The summed E-state index contributed by atoms with van der Waals surface area (Å²) in [6, 6.07) is 7.51. The molecule has 0 aromatic heterocycles. The minimum atomic E-state index is -0.493. The number of nitrogens with zero attached hydrogens (tertiary/aromatic N) is 2. The average Bonchev–Trinajstić information content (AvgIpc) is 2.32. The van der Waals surface area contributed by atoms with Gasteiger partial charge < -0.3 is 10.0 Å². The highest BCUT2D eigenvalue weighted by atomic mass is 35.5. The lowest BCUT2D eigenvalue weighted by Gasteiger charge is -2.33. The number of hydrogen-bond acceptors (Lipinski definition) is 3. The van der Waals surface area contributed by atoms with Gasteiger partial charge in [0.05, 0.1) is 6.10 Å². The third-order valence-corrected chi connectivity index (χ3v) is 3.64. The third kappa shape index (κ3) is 3.42. The van der Waals surface area contributed by atoms with E-state index in [1.807, 2.05) is 24.3 Å². The van der Waals surface area contributed by atoms with Crippen LogP contribution in [-0.4, -0.2) is 54.7 Å². The molecule has 1 aromatic carbocycles. The van der Waals surface area contributed by atoms with Crippen molar-refractivity contribution in [2.24, 2.45) is 0 Å². The number of aliphatic hydroxyl groups is 1. The van der Waals surface area contributed by atoms with Gasteiger partial charge in [-0.15, -0.1) is 0 Å². The third-order valence-electron chi connectivity index (χ3n) is 3.29. The Morgan fingerprint density at radius 2 is 1.88 bits per heavy atom. The first-order chi connectivity index (χ1) is 8.16. The van der Waals surface area contributed by atoms with E-state index in [4.69, 9.17) is 11.6 Å². The van der Waals surface area contributed by atoms with Crippen molar-refractivity contribution in [3.63, 3.8) is 0 Å². The van der Waals surface area contributed by atoms with Crippen molar-refractivity contribution < 1.29 is 5.11 Å². The topological polar surface area (TPSA) is 26.7 Å². The van der Waals surface area contributed by atoms with Crippen LogP contribution in [0.5, 0.6) is 0 Å². The van der Waals surface area contributed by atoms with Crippen LogP contribution in [-0.2, 0) is 0 Å². The van der Waals surface area contributed by atoms with Gasteiger partial charge in [-0.25, -0.2) is 0 Å². The van der Waals surface area contributed by atoms with Gasteiger partial charge in [0.25, 0.3) is 0 Å². The highest BCUT2D eigenvalue weighted by molar-refractivity contribution is 6.31. The lowest BCUT2D eigenvalue weighted by Crippen LogP contribution is -2.45. The fourth-order valence-electron chi connectivity index (χ4n) is 2.12. The molecular formula is C13H19ClN2O. The van der Waals surface area contributed by atoms with E-state index in [1.54, 1.807) is 0 Å². The second-order valence-corrected chi connectivity index (χ2v) is 5.05. The van der Waals surface area contributed by atoms with Gasteiger partial charge in [-0.05, 0) is 13.1 Å². The lowest BCUT2D eigenvalue weighted by atomic mass is 10.1. The molecule has 1 N–H and O–H groups in total. The number of likely N-dealkylation sites (N-methyl/N-ethyl adjacent to an activating group) is 1. The second kappa shape index (κ2) is 5.83. The largest absolute Gasteiger partial charge is 0.387 e. The van der Waals surface area contributed by atoms with E-state index in [9.17, 15) is 5.11 Å². The Hall–Kier alpha value is -0.610. The van der Waals surface area contributed by atoms with Crippen LogP contribution >= 0.6 is 11.6 Å². The van der Waals surface area contributed by atoms with Gasteiger partial charge in [-0.3, -0.25) is 4.90 Å². The molecular weight excluding hydrogens is 236 g/mol. The number of benzene rings is 1. The van der Waals surface area contributed by atoms with E-state index in [2.05, 4.69) is 16.8 Å². The summed E-state index contributed by atoms with van der Waals surface area (Å²) < 4.78 is 0. The summed E-state index contributed by atoms with van der Waals surface area (Å²) >= 11 is 6.07. The van der Waals surface area contributed by atoms with Crippen molar-refractivity contribution in [3.8, 4) is 0 Å². The lowest BCUT2D eigenvalue weighted by molar-refractivity contribution is 0.0806. The van der Waals surface area contributed by atoms with E-state index in [0.717, 1.165) is 31.7 Å². The van der Waals surface area contributed by atoms with Crippen LogP contribution in [0.1, 0.15) is 11.7 Å². The Bertz CT molecular complexity index is 364. The van der Waals surface area contributed by atoms with Crippen molar-refractivity contribution in [2.75, 3.05) is 39.8 Å². The zero-order chi connectivity index (χ0) is 12.3. The number of aliphatic hydroxyl groups excluding tert-OH is 1. The van der Waals surface area contributed by atoms with Crippen LogP contribution < -0.4 is 0 Å². The molecule has 0 spiro atoms. The summed E-state index contributed by atoms with van der Waals surface area (Å²) in [5.41, 5.74) is 0.827. The molecule has 0 bridgehead atoms. The van der Waals surface area contributed by atoms with Gasteiger partial charge in [0.15, 0.2) is 0 Å². The Kier molecular flexibility index (Phi) is 4.40. The maximum Gasteiger partial charge on any atom is 0.0931 e. The van der Waals surface area contributed by atoms with E-state index < -0.39 is 6.10 Å². The van der Waals surface area contributed by atoms with Crippen LogP contribution in [0.2, 0.25) is 5.02 Å². The fraction of sp³-hybridized carbons (Fsp3) is 0.538. The van der Waals surface area contributed by atoms with Crippen molar-refractivity contribution in [1.82, 2.24) is 9.80 Å². The molecule has 0 amide bonds. The van der Waals surface area contributed by atoms with Crippen molar-refractivity contribution in [1.29, 1.82) is 0 Å². The molecule has 1 fully saturated rings. The van der Waals surface area contributed by atoms with Crippen molar-refractivity contribution in [3.05, 3.63) is 34.9 Å². The Morgan fingerprint density at radius 1 is 1.24 bits per heavy atom. The molecule has 1 aliphatic heterocycles. The summed E-state index contributed by atoms with van der Waals surface area (Å²) in [4.78, 5) is 4.59. The van der Waals surface area contributed by atoms with Gasteiger partial charge >= 0.3 is 0 Å². The highest BCUT2D eigenvalue weighted by Crippen LogP contribution is 2.23. The first-order valence-electron chi connectivity index (χ1n) is 6.00. The maximum atomic E-state index is 10.2. The molecule has 1 atom stereocenters. The van der Waals surface area contributed by atoms with Crippen molar-refractivity contribution >= 4 is 11.6 Å². The highest BCUT2D eigenvalue weighted by Gasteiger charge is 2.19. The monoisotopic (exact) mass is 254 g/mol. The van der Waals surface area contributed by atoms with Crippen LogP contribution in [0.4, 0.5) is 0 Å². The summed E-state index contributed by atoms with van der Waals surface area (Å²) in [6.07, 6.45) is -0.493. The van der Waals surface area contributed by atoms with Gasteiger partial charge in [0.1, 0.15) is 0 Å². The van der Waals surface area contributed by atoms with Gasteiger partial charge in [0.2, 0.25) is 0 Å². The summed E-state index contributed by atoms with van der Waals surface area (Å²) in [5.74, 6) is 0. The van der Waals surface area contributed by atoms with Crippen molar-refractivity contribution in [2.45, 2.75) is 6.10 Å². The Balaban J connectivity index is 1.93. The second-order valence-electron chi connectivity index (χ2n) is 4.64. The number of rotatable bonds is 3. The zero-order valence-corrected chi connectivity index (χ0v) is 10.9. The first-order valence-corrected chi connectivity index (χ1v) is 6.38. The molecule has 4 heteroatoms. The summed E-state index contributed by atoms with van der Waals surface area (Å²) in [6.45, 7) is 4.82. The Morgan fingerprint density at radius 3 is 2.53 bits per heavy atom. The SMILES string of the molecule is CN1CCN(C[C@H](O)c2ccccc2Cl)CC1. The smallest absolute Gasteiger partial charge is 0.0931 e. The average molecular weight is 255 g/mol. The first kappa shape index (κ1) is 12.8. The normalized spacial score (nSPS) is 20.4. The molecule has 3 nitrogen and oxygen atoms in total. The number of β-amino-alcohol motifs (C(OH)–C–C–N with tert-alkyl or cyclic N) is 1. The molecule has 0 unspecified atom stereocenters. The molecule has 1 aliphatic rings. The standard InChI is InChI=1S/C13H19ClN2O/c1-15-6-8-16(9-7-15)10-13(17)11-4-2-3-5-12(11)14/h2-5,13,17H,6-10H2,1H3/t13-/m0/s1. The van der Waals surface area contributed by atoms with Crippen LogP contribution in [0.25, 0.3) is 0 Å². The minimum Gasteiger partial charge on any atom is -0.387 e. The molecule has 0 aliphatic carbocycles. The fourth-order valence-corrected chi connectivity index (χ4v) is 2.38. The van der Waals surface area contributed by atoms with E-state index >= 15 is 0 Å². The predicted molar refractivity (Wildman–Crippen MR) is 70.3 cm³/mol. The van der Waals surface area contributed by atoms with E-state index in [1.165, 1.54) is 0 Å². The maximum absolute atomic E-state index is 10.2. The molecule has 17 heavy (non-hydrogen) atoms. The molecule has 94 valence electrons. The molecule has 1 heterocycles. The van der Waals surface area contributed by atoms with E-state index in [-0.39, 0.29) is 0 Å². The van der Waals surface area contributed by atoms with Crippen LogP contribution in [0.3, 0.4) is 0 Å². The zero-order valence-electron chi connectivity index (χ0n) is 10.1. The molecule has 0 saturated carbocycles. The molecule has 1 aromatic rings. The molecule has 1 saturated heterocycles. The Labute approximate surface area is 108 Å². The quantitative estimate of drug-likeness (QED) is 0.888. The van der Waals surface area contributed by atoms with Crippen LogP contribution in [0.15, 0.2) is 24.3 Å². The van der Waals surface area contributed by atoms with Gasteiger partial charge in [-0.2, -0.15) is 0 Å². The summed E-state index contributed by atoms with van der Waals surface area (Å²) in [7, 11) is 2.13.